The summed E-state index contributed by atoms with van der Waals surface area (Å²) in [5.41, 5.74) is 17.0. The second-order valence-corrected chi connectivity index (χ2v) is 36.1. The van der Waals surface area contributed by atoms with Crippen molar-refractivity contribution in [3.05, 3.63) is 233 Å². The molecule has 4 fully saturated rings. The highest BCUT2D eigenvalue weighted by Gasteiger charge is 2.29. The molecule has 0 aliphatic carbocycles. The molecular weight excluding hydrogens is 1950 g/mol. The quantitative estimate of drug-likeness (QED) is 0.0189. The van der Waals surface area contributed by atoms with E-state index in [9.17, 15) is 38.4 Å². The molecule has 4 saturated heterocycles. The maximum Gasteiger partial charge on any atom is 0.335 e. The Hall–Kier alpha value is -15.0. The number of nitrogens with zero attached hydrogens (tertiary/aromatic N) is 20. The van der Waals surface area contributed by atoms with Crippen LogP contribution in [0.25, 0.3) is 64.7 Å². The molecule has 48 heteroatoms. The van der Waals surface area contributed by atoms with Crippen LogP contribution in [0.3, 0.4) is 0 Å². The predicted octanol–water partition coefficient (Wildman–Crippen LogP) is 8.25. The van der Waals surface area contributed by atoms with Gasteiger partial charge in [0.1, 0.15) is 72.2 Å². The number of hydrogen-bond donors (Lipinski definition) is 11. The van der Waals surface area contributed by atoms with E-state index >= 15 is 0 Å². The van der Waals surface area contributed by atoms with E-state index in [2.05, 4.69) is 107 Å². The van der Waals surface area contributed by atoms with Gasteiger partial charge in [0.05, 0.1) is 128 Å². The first-order valence-corrected chi connectivity index (χ1v) is 49.3. The number of anilines is 8. The van der Waals surface area contributed by atoms with E-state index in [0.29, 0.717) is 138 Å². The van der Waals surface area contributed by atoms with Crippen LogP contribution in [0.2, 0.25) is 0 Å². The molecule has 20 rings (SSSR count). The zero-order chi connectivity index (χ0) is 98.9. The average Bonchev–Trinajstić information content (AvgIpc) is 1.62. The van der Waals surface area contributed by atoms with E-state index in [1.54, 1.807) is 153 Å². The van der Waals surface area contributed by atoms with E-state index in [1.807, 2.05) is 61.6 Å². The Balaban J connectivity index is 0.000000161. The Kier molecular flexibility index (Phi) is 37.5. The van der Waals surface area contributed by atoms with E-state index in [-0.39, 0.29) is 112 Å². The van der Waals surface area contributed by atoms with Crippen LogP contribution >= 0.6 is 45.3 Å². The fraction of sp³-hybridized carbons (Fsp3) is 0.347. The molecule has 0 atom stereocenters. The summed E-state index contributed by atoms with van der Waals surface area (Å²) >= 11 is 4.92. The molecule has 4 aliphatic heterocycles. The number of nitrogens with two attached hydrogens (primary N) is 1. The standard InChI is InChI=1S/C24H28N8O3S.C24H27N7O4S.C23H26N8O3S.C23H25N7O4S.4CH4/c1-25-9-12-35-16-3-4-20-21(13-16)30(2)24(34)32(20)23-29-18(15-36-23)22(33)28-17-14-27-6-5-19(17)31-10-7-26-8-11-31;1-29-21-13-16(35-12-11-34-2)3-4-20(21)31(24(29)33)23-28-18(15-36-23)22(32)27-17-14-26-6-5-19(17)30-9-7-25-8-10-30;1-29-20-12-15(34-11-5-24)2-3-19(20)31(23(29)33)22-28-17(14-35-22)21(32)27-16-13-26-6-4-18(16)30-9-7-25-8-10-30;1-28-20-12-15(34-11-10-31)2-3-19(20)30(23(28)33)22-27-17(14-35-22)21(32)26-16-13-25-5-4-18(16)29-8-6-24-7-9-29;;;;/h3-6,13-15,25-26H,7-12H2,1-2H3,(H,28,33);3-6,13-15,25H,7-12H2,1-2H3,(H,27,32);2-4,6,12-14,25H,5,7-11,24H2,1H3,(H,27,32);2-5,12-14,24,31H,6-11H2,1H3,(H,26,32);4*1H4. The Morgan fingerprint density at radius 2 is 0.616 bits per heavy atom. The van der Waals surface area contributed by atoms with Gasteiger partial charge in [-0.05, 0) is 79.8 Å². The number of ether oxygens (including phenoxy) is 5. The number of carbonyl (C=O) groups excluding carboxylic acids is 4. The molecule has 4 aromatic carbocycles. The number of aromatic nitrogens is 16. The third kappa shape index (κ3) is 24.3. The van der Waals surface area contributed by atoms with Crippen LogP contribution in [0.1, 0.15) is 71.7 Å². The van der Waals surface area contributed by atoms with Crippen molar-refractivity contribution in [1.29, 1.82) is 0 Å². The second-order valence-electron chi connectivity index (χ2n) is 32.7. The average molecular weight is 2070 g/mol. The van der Waals surface area contributed by atoms with Crippen molar-refractivity contribution < 1.29 is 48.0 Å². The number of benzene rings is 4. The number of fused-ring (bicyclic) bond motifs is 4. The third-order valence-electron chi connectivity index (χ3n) is 23.7. The van der Waals surface area contributed by atoms with Crippen molar-refractivity contribution in [3.63, 3.8) is 0 Å². The molecular formula is C98H122N30O14S4. The molecule has 0 bridgehead atoms. The fourth-order valence-corrected chi connectivity index (χ4v) is 19.7. The number of thiazole rings is 4. The molecule has 16 heterocycles. The molecule has 146 heavy (non-hydrogen) atoms. The highest BCUT2D eigenvalue weighted by atomic mass is 32.1. The van der Waals surface area contributed by atoms with Crippen molar-refractivity contribution in [2.24, 2.45) is 33.9 Å². The molecule has 0 saturated carbocycles. The number of imidazole rings is 4. The van der Waals surface area contributed by atoms with Crippen LogP contribution < -0.4 is 115 Å². The highest BCUT2D eigenvalue weighted by Crippen LogP contribution is 2.35. The van der Waals surface area contributed by atoms with Crippen LogP contribution in [0.5, 0.6) is 23.0 Å². The maximum absolute atomic E-state index is 13.1. The summed E-state index contributed by atoms with van der Waals surface area (Å²) in [6.45, 7) is 16.8. The van der Waals surface area contributed by atoms with Crippen molar-refractivity contribution in [2.45, 2.75) is 29.7 Å². The van der Waals surface area contributed by atoms with Crippen molar-refractivity contribution >= 4 is 159 Å². The van der Waals surface area contributed by atoms with Crippen LogP contribution in [-0.2, 0) is 32.9 Å². The minimum Gasteiger partial charge on any atom is -0.492 e. The van der Waals surface area contributed by atoms with Gasteiger partial charge in [0, 0.05) is 224 Å². The van der Waals surface area contributed by atoms with Crippen LogP contribution in [0, 0.1) is 0 Å². The smallest absolute Gasteiger partial charge is 0.335 e. The van der Waals surface area contributed by atoms with Gasteiger partial charge in [-0.3, -0.25) is 57.4 Å². The van der Waals surface area contributed by atoms with Gasteiger partial charge in [-0.1, -0.05) is 29.7 Å². The van der Waals surface area contributed by atoms with Gasteiger partial charge in [0.25, 0.3) is 23.6 Å². The lowest BCUT2D eigenvalue weighted by atomic mass is 10.2. The normalized spacial score (nSPS) is 13.4. The Labute approximate surface area is 856 Å². The Morgan fingerprint density at radius 1 is 0.363 bits per heavy atom. The zero-order valence-corrected chi connectivity index (χ0v) is 81.8. The van der Waals surface area contributed by atoms with Crippen LogP contribution in [0.15, 0.2) is 187 Å². The molecule has 0 unspecified atom stereocenters. The minimum atomic E-state index is -0.371. The lowest BCUT2D eigenvalue weighted by Gasteiger charge is -2.30. The van der Waals surface area contributed by atoms with Gasteiger partial charge in [0.2, 0.25) is 0 Å². The number of rotatable bonds is 30. The summed E-state index contributed by atoms with van der Waals surface area (Å²) in [6.07, 6.45) is 13.4. The van der Waals surface area contributed by atoms with Gasteiger partial charge in [-0.15, -0.1) is 45.3 Å². The molecule has 44 nitrogen and oxygen atoms in total. The summed E-state index contributed by atoms with van der Waals surface area (Å²) in [7, 11) is 10.2. The van der Waals surface area contributed by atoms with Gasteiger partial charge >= 0.3 is 22.8 Å². The van der Waals surface area contributed by atoms with Crippen molar-refractivity contribution in [3.8, 4) is 43.5 Å². The molecule has 4 amide bonds. The van der Waals surface area contributed by atoms with Gasteiger partial charge in [0.15, 0.2) is 20.5 Å². The first-order chi connectivity index (χ1) is 69.3. The summed E-state index contributed by atoms with van der Waals surface area (Å²) in [5.74, 6) is 1.07. The molecule has 12 aromatic heterocycles. The number of methoxy groups -OCH3 is 1. The van der Waals surface area contributed by atoms with Gasteiger partial charge < -0.3 is 102 Å². The van der Waals surface area contributed by atoms with E-state index in [0.717, 1.165) is 140 Å². The molecule has 0 spiro atoms. The number of aliphatic hydroxyl groups excluding tert-OH is 1. The summed E-state index contributed by atoms with van der Waals surface area (Å²) in [5, 5.41) is 45.3. The third-order valence-corrected chi connectivity index (χ3v) is 27.0. The van der Waals surface area contributed by atoms with E-state index in [4.69, 9.17) is 34.5 Å². The Bertz CT molecular complexity index is 7020. The number of pyridine rings is 4. The lowest BCUT2D eigenvalue weighted by Crippen LogP contribution is -2.43. The van der Waals surface area contributed by atoms with Crippen molar-refractivity contribution in [1.82, 2.24) is 103 Å². The molecule has 12 N–H and O–H groups in total. The number of carbonyl (C=O) groups is 4. The highest BCUT2D eigenvalue weighted by molar-refractivity contribution is 7.13. The number of aryl methyl sites for hydroxylation is 4. The van der Waals surface area contributed by atoms with Gasteiger partial charge in [-0.25, -0.2) is 57.4 Å². The monoisotopic (exact) mass is 2070 g/mol. The fourth-order valence-electron chi connectivity index (χ4n) is 16.5. The number of aliphatic hydroxyl groups is 1. The van der Waals surface area contributed by atoms with Gasteiger partial charge in [-0.2, -0.15) is 0 Å². The van der Waals surface area contributed by atoms with Crippen LogP contribution in [-0.4, -0.2) is 277 Å². The first kappa shape index (κ1) is 108. The number of hydrogen-bond acceptors (Lipinski definition) is 36. The zero-order valence-electron chi connectivity index (χ0n) is 78.5. The predicted molar refractivity (Wildman–Crippen MR) is 577 cm³/mol. The van der Waals surface area contributed by atoms with Crippen molar-refractivity contribution in [2.75, 3.05) is 212 Å². The number of amides is 4. The minimum absolute atomic E-state index is 0. The SMILES string of the molecule is C.C.C.C.CNCCOc1ccc2c(c1)n(C)c(=O)n2-c1nc(C(=O)Nc2cnccc2N2CCNCC2)cs1.COCCOc1ccc2c(c1)n(C)c(=O)n2-c1nc(C(=O)Nc2cnccc2N2CCNCC2)cs1.Cn1c(=O)n(-c2nc(C(=O)Nc3cnccc3N3CCNCC3)cs2)c2ccc(OCCN)cc21.Cn1c(=O)n(-c2nc(C(=O)Nc3cnccc3N3CCNCC3)cs2)c2ccc(OCCO)cc21. The number of likely N-dealkylation sites (N-methyl/N-ethyl adjacent to an activating group) is 1. The number of piperazine rings is 4. The summed E-state index contributed by atoms with van der Waals surface area (Å²) in [6, 6.07) is 29.1. The summed E-state index contributed by atoms with van der Waals surface area (Å²) < 4.78 is 39.6. The first-order valence-electron chi connectivity index (χ1n) is 45.8. The van der Waals surface area contributed by atoms with Crippen LogP contribution in [0.4, 0.5) is 45.5 Å². The van der Waals surface area contributed by atoms with E-state index in [1.165, 1.54) is 77.3 Å². The lowest BCUT2D eigenvalue weighted by molar-refractivity contribution is 0.101. The second kappa shape index (κ2) is 50.5. The largest absolute Gasteiger partial charge is 0.492 e. The van der Waals surface area contributed by atoms with E-state index < -0.39 is 0 Å². The molecule has 4 aliphatic rings. The number of nitrogens with one attached hydrogen (secondary N) is 9. The maximum atomic E-state index is 13.1. The molecule has 0 radical (unpaired) electrons. The topological polar surface area (TPSA) is 493 Å². The summed E-state index contributed by atoms with van der Waals surface area (Å²) in [4.78, 5) is 148. The Morgan fingerprint density at radius 3 is 0.863 bits per heavy atom. The molecule has 16 aromatic rings. The molecule has 772 valence electrons.